The largest absolute Gasteiger partial charge is 0.312 e. The average molecular weight is 265 g/mol. The predicted molar refractivity (Wildman–Crippen MR) is 81.2 cm³/mol. The molecule has 102 valence electrons. The Bertz CT molecular complexity index is 358. The molecule has 18 heavy (non-hydrogen) atoms. The number of aryl methyl sites for hydroxylation is 1. The van der Waals surface area contributed by atoms with Crippen LogP contribution in [-0.4, -0.2) is 7.05 Å². The maximum absolute atomic E-state index is 3.60. The highest BCUT2D eigenvalue weighted by Gasteiger charge is 2.31. The van der Waals surface area contributed by atoms with Crippen LogP contribution in [0.2, 0.25) is 0 Å². The Labute approximate surface area is 116 Å². The summed E-state index contributed by atoms with van der Waals surface area (Å²) >= 11 is 2.01. The third-order valence-corrected chi connectivity index (χ3v) is 5.88. The summed E-state index contributed by atoms with van der Waals surface area (Å²) in [5.74, 6) is 1.76. The smallest absolute Gasteiger partial charge is 0.0443 e. The molecule has 0 amide bonds. The Kier molecular flexibility index (Phi) is 5.25. The molecule has 1 saturated carbocycles. The molecule has 0 spiro atoms. The van der Waals surface area contributed by atoms with E-state index in [4.69, 9.17) is 0 Å². The van der Waals surface area contributed by atoms with Gasteiger partial charge in [0.05, 0.1) is 0 Å². The zero-order valence-corrected chi connectivity index (χ0v) is 12.9. The lowest BCUT2D eigenvalue weighted by Crippen LogP contribution is -2.32. The molecule has 1 aliphatic carbocycles. The molecule has 2 heteroatoms. The van der Waals surface area contributed by atoms with Crippen LogP contribution in [-0.2, 0) is 6.42 Å². The summed E-state index contributed by atoms with van der Waals surface area (Å²) in [7, 11) is 2.14. The maximum Gasteiger partial charge on any atom is 0.0443 e. The highest BCUT2D eigenvalue weighted by molar-refractivity contribution is 7.12. The summed E-state index contributed by atoms with van der Waals surface area (Å²) < 4.78 is 0. The topological polar surface area (TPSA) is 12.0 Å². The molecule has 1 nitrogen and oxygen atoms in total. The van der Waals surface area contributed by atoms with Gasteiger partial charge in [0.1, 0.15) is 0 Å². The lowest BCUT2D eigenvalue weighted by Gasteiger charge is -2.36. The quantitative estimate of drug-likeness (QED) is 0.807. The van der Waals surface area contributed by atoms with Crippen LogP contribution in [0.15, 0.2) is 12.1 Å². The monoisotopic (exact) mass is 265 g/mol. The van der Waals surface area contributed by atoms with E-state index >= 15 is 0 Å². The third kappa shape index (κ3) is 2.97. The van der Waals surface area contributed by atoms with Gasteiger partial charge in [-0.05, 0) is 43.9 Å². The predicted octanol–water partition coefficient (Wildman–Crippen LogP) is 4.79. The summed E-state index contributed by atoms with van der Waals surface area (Å²) in [5.41, 5.74) is 0. The van der Waals surface area contributed by atoms with E-state index in [0.29, 0.717) is 6.04 Å². The molecule has 0 saturated heterocycles. The zero-order chi connectivity index (χ0) is 13.0. The molecule has 0 aliphatic heterocycles. The molecule has 0 radical (unpaired) electrons. The molecule has 3 atom stereocenters. The van der Waals surface area contributed by atoms with E-state index < -0.39 is 0 Å². The van der Waals surface area contributed by atoms with Crippen molar-refractivity contribution in [1.29, 1.82) is 0 Å². The van der Waals surface area contributed by atoms with E-state index in [1.165, 1.54) is 43.4 Å². The first-order valence-electron chi connectivity index (χ1n) is 7.56. The summed E-state index contributed by atoms with van der Waals surface area (Å²) in [6.07, 6.45) is 8.22. The second kappa shape index (κ2) is 6.72. The van der Waals surface area contributed by atoms with E-state index in [0.717, 1.165) is 11.8 Å². The van der Waals surface area contributed by atoms with Gasteiger partial charge >= 0.3 is 0 Å². The lowest BCUT2D eigenvalue weighted by molar-refractivity contribution is 0.182. The average Bonchev–Trinajstić information content (AvgIpc) is 2.89. The van der Waals surface area contributed by atoms with Crippen LogP contribution in [0.3, 0.4) is 0 Å². The summed E-state index contributed by atoms with van der Waals surface area (Å²) in [6, 6.07) is 5.25. The van der Waals surface area contributed by atoms with Gasteiger partial charge in [-0.1, -0.05) is 39.5 Å². The van der Waals surface area contributed by atoms with E-state index in [2.05, 4.69) is 38.3 Å². The first-order valence-corrected chi connectivity index (χ1v) is 8.37. The van der Waals surface area contributed by atoms with Crippen LogP contribution in [0.5, 0.6) is 0 Å². The Morgan fingerprint density at radius 1 is 1.28 bits per heavy atom. The minimum atomic E-state index is 0.584. The van der Waals surface area contributed by atoms with Crippen molar-refractivity contribution < 1.29 is 0 Å². The molecule has 3 unspecified atom stereocenters. The standard InChI is InChI=1S/C16H27NS/c1-4-12-8-6-7-9-14(12)16(17-3)15-11-10-13(5-2)18-15/h10-12,14,16-17H,4-9H2,1-3H3. The molecule has 2 rings (SSSR count). The lowest BCUT2D eigenvalue weighted by atomic mass is 9.73. The van der Waals surface area contributed by atoms with Crippen molar-refractivity contribution in [3.8, 4) is 0 Å². The molecule has 1 aromatic heterocycles. The molecular weight excluding hydrogens is 238 g/mol. The fourth-order valence-corrected chi connectivity index (χ4v) is 4.64. The molecule has 1 fully saturated rings. The number of thiophene rings is 1. The normalized spacial score (nSPS) is 26.2. The van der Waals surface area contributed by atoms with Crippen molar-refractivity contribution in [2.45, 2.75) is 58.4 Å². The zero-order valence-electron chi connectivity index (χ0n) is 12.0. The molecule has 1 heterocycles. The first kappa shape index (κ1) is 14.1. The Morgan fingerprint density at radius 3 is 2.67 bits per heavy atom. The van der Waals surface area contributed by atoms with E-state index in [-0.39, 0.29) is 0 Å². The van der Waals surface area contributed by atoms with Gasteiger partial charge in [0.2, 0.25) is 0 Å². The summed E-state index contributed by atoms with van der Waals surface area (Å²) in [6.45, 7) is 4.61. The van der Waals surface area contributed by atoms with Crippen LogP contribution in [0.4, 0.5) is 0 Å². The van der Waals surface area contributed by atoms with Crippen molar-refractivity contribution in [1.82, 2.24) is 5.32 Å². The van der Waals surface area contributed by atoms with Crippen molar-refractivity contribution in [2.75, 3.05) is 7.05 Å². The fourth-order valence-electron chi connectivity index (χ4n) is 3.50. The van der Waals surface area contributed by atoms with Gasteiger partial charge < -0.3 is 5.32 Å². The van der Waals surface area contributed by atoms with Crippen molar-refractivity contribution in [3.05, 3.63) is 21.9 Å². The number of nitrogens with one attached hydrogen (secondary N) is 1. The molecule has 1 aromatic rings. The van der Waals surface area contributed by atoms with Gasteiger partial charge in [0, 0.05) is 15.8 Å². The molecule has 0 aromatic carbocycles. The summed E-state index contributed by atoms with van der Waals surface area (Å²) in [4.78, 5) is 3.08. The highest BCUT2D eigenvalue weighted by atomic mass is 32.1. The first-order chi connectivity index (χ1) is 8.80. The summed E-state index contributed by atoms with van der Waals surface area (Å²) in [5, 5.41) is 3.60. The van der Waals surface area contributed by atoms with E-state index in [1.54, 1.807) is 4.88 Å². The third-order valence-electron chi connectivity index (χ3n) is 4.57. The van der Waals surface area contributed by atoms with Crippen LogP contribution >= 0.6 is 11.3 Å². The van der Waals surface area contributed by atoms with Gasteiger partial charge in [-0.25, -0.2) is 0 Å². The van der Waals surface area contributed by atoms with Gasteiger partial charge in [0.15, 0.2) is 0 Å². The second-order valence-corrected chi connectivity index (χ2v) is 6.74. The fraction of sp³-hybridized carbons (Fsp3) is 0.750. The molecule has 1 aliphatic rings. The van der Waals surface area contributed by atoms with Gasteiger partial charge in [-0.2, -0.15) is 0 Å². The maximum atomic E-state index is 3.60. The minimum absolute atomic E-state index is 0.584. The second-order valence-electron chi connectivity index (χ2n) is 5.54. The van der Waals surface area contributed by atoms with E-state index in [9.17, 15) is 0 Å². The van der Waals surface area contributed by atoms with E-state index in [1.807, 2.05) is 11.3 Å². The van der Waals surface area contributed by atoms with Crippen molar-refractivity contribution >= 4 is 11.3 Å². The molecule has 1 N–H and O–H groups in total. The Hall–Kier alpha value is -0.340. The SMILES string of the molecule is CCc1ccc(C(NC)C2CCCCC2CC)s1. The van der Waals surface area contributed by atoms with Gasteiger partial charge in [-0.3, -0.25) is 0 Å². The van der Waals surface area contributed by atoms with Crippen LogP contribution in [0, 0.1) is 11.8 Å². The van der Waals surface area contributed by atoms with Gasteiger partial charge in [-0.15, -0.1) is 11.3 Å². The number of rotatable bonds is 5. The van der Waals surface area contributed by atoms with Crippen molar-refractivity contribution in [3.63, 3.8) is 0 Å². The Balaban J connectivity index is 2.15. The minimum Gasteiger partial charge on any atom is -0.312 e. The van der Waals surface area contributed by atoms with Crippen molar-refractivity contribution in [2.24, 2.45) is 11.8 Å². The Morgan fingerprint density at radius 2 is 2.06 bits per heavy atom. The van der Waals surface area contributed by atoms with Crippen LogP contribution < -0.4 is 5.32 Å². The number of hydrogen-bond acceptors (Lipinski definition) is 2. The van der Waals surface area contributed by atoms with Crippen LogP contribution in [0.25, 0.3) is 0 Å². The highest BCUT2D eigenvalue weighted by Crippen LogP contribution is 2.41. The molecular formula is C16H27NS. The van der Waals surface area contributed by atoms with Gasteiger partial charge in [0.25, 0.3) is 0 Å². The number of hydrogen-bond donors (Lipinski definition) is 1. The van der Waals surface area contributed by atoms with Crippen LogP contribution in [0.1, 0.15) is 61.7 Å². The molecule has 0 bridgehead atoms.